The third kappa shape index (κ3) is 5.02. The summed E-state index contributed by atoms with van der Waals surface area (Å²) in [6.07, 6.45) is 0.550. The van der Waals surface area contributed by atoms with Gasteiger partial charge in [0.25, 0.3) is 0 Å². The van der Waals surface area contributed by atoms with Crippen LogP contribution in [-0.4, -0.2) is 101 Å². The minimum Gasteiger partial charge on any atom is -0.358 e. The third-order valence-corrected chi connectivity index (χ3v) is 6.05. The van der Waals surface area contributed by atoms with Gasteiger partial charge in [0.15, 0.2) is 25.1 Å². The number of hydrogen-bond donors (Lipinski definition) is 4. The van der Waals surface area contributed by atoms with Crippen molar-refractivity contribution in [2.24, 2.45) is 0 Å². The van der Waals surface area contributed by atoms with Crippen molar-refractivity contribution in [3.63, 3.8) is 0 Å². The molecule has 13 nitrogen and oxygen atoms in total. The lowest BCUT2D eigenvalue weighted by molar-refractivity contribution is -0.131. The fourth-order valence-corrected chi connectivity index (χ4v) is 4.31. The predicted octanol–water partition coefficient (Wildman–Crippen LogP) is 0.0526. The van der Waals surface area contributed by atoms with Crippen LogP contribution < -0.4 is 10.6 Å². The molecule has 37 heavy (non-hydrogen) atoms. The Balaban J connectivity index is 1.53. The van der Waals surface area contributed by atoms with Crippen LogP contribution in [0.1, 0.15) is 13.3 Å². The van der Waals surface area contributed by atoms with E-state index in [-0.39, 0.29) is 30.8 Å². The molecule has 2 atom stereocenters. The Bertz CT molecular complexity index is 1460. The predicted molar refractivity (Wildman–Crippen MR) is 129 cm³/mol. The van der Waals surface area contributed by atoms with Gasteiger partial charge in [0.2, 0.25) is 11.9 Å². The average Bonchev–Trinajstić information content (AvgIpc) is 3.44. The number of nitrogens with one attached hydrogen (secondary N) is 2. The van der Waals surface area contributed by atoms with Gasteiger partial charge >= 0.3 is 0 Å². The molecule has 5 rings (SSSR count). The number of nitrogens with zero attached hydrogens (tertiary/aromatic N) is 8. The Morgan fingerprint density at radius 2 is 2.11 bits per heavy atom. The van der Waals surface area contributed by atoms with E-state index in [4.69, 9.17) is 7.85 Å². The summed E-state index contributed by atoms with van der Waals surface area (Å²) in [7, 11) is 5.37. The van der Waals surface area contributed by atoms with Crippen molar-refractivity contribution < 1.29 is 23.8 Å². The number of fused-ring (bicyclic) bond motifs is 2. The summed E-state index contributed by atoms with van der Waals surface area (Å²) in [6, 6.07) is 4.35. The zero-order valence-corrected chi connectivity index (χ0v) is 19.7. The number of carbonyl (C=O) groups excluding carboxylic acids is 1. The molecular formula is C21H23BF2N10O3. The summed E-state index contributed by atoms with van der Waals surface area (Å²) in [5.74, 6) is -3.10. The van der Waals surface area contributed by atoms with E-state index in [1.165, 1.54) is 21.0 Å². The molecule has 0 aliphatic carbocycles. The second-order valence-corrected chi connectivity index (χ2v) is 8.72. The summed E-state index contributed by atoms with van der Waals surface area (Å²) < 4.78 is 30.4. The quantitative estimate of drug-likeness (QED) is 0.197. The molecule has 0 saturated carbocycles. The first-order valence-corrected chi connectivity index (χ1v) is 11.5. The standard InChI is InChI=1S/C21H23BF2N10O3/c1-11(35)32-7-5-15(13(24)10-32)26-20-27-18(28-21(22,36)37)17-12(4-8-33(17)30-20)14-2-3-16-19(25-14)34(9-6-23)31-29-16/h2-4,8,13,15,36-37H,5-7,9-10H2,1H3,(H2,26,27,28,30). The molecular weight excluding hydrogens is 489 g/mol. The maximum atomic E-state index is 14.8. The highest BCUT2D eigenvalue weighted by atomic mass is 19.1. The van der Waals surface area contributed by atoms with Gasteiger partial charge in [-0.3, -0.25) is 4.79 Å². The third-order valence-electron chi connectivity index (χ3n) is 6.05. The Labute approximate surface area is 209 Å². The molecule has 1 amide bonds. The molecule has 1 aliphatic heterocycles. The van der Waals surface area contributed by atoms with Crippen LogP contribution in [0.4, 0.5) is 20.5 Å². The molecule has 1 aliphatic rings. The number of hydrogen-bond acceptors (Lipinski definition) is 10. The van der Waals surface area contributed by atoms with Crippen LogP contribution in [0.25, 0.3) is 27.9 Å². The molecule has 0 bridgehead atoms. The topological polar surface area (TPSA) is 159 Å². The monoisotopic (exact) mass is 512 g/mol. The molecule has 4 aromatic rings. The first-order chi connectivity index (χ1) is 17.6. The first kappa shape index (κ1) is 24.8. The van der Waals surface area contributed by atoms with Crippen LogP contribution in [0.5, 0.6) is 0 Å². The SMILES string of the molecule is [B]C(O)(O)Nc1nc(NC2CCN(C(C)=O)CC2F)nn2ccc(-c3ccc4nnn(CCF)c4n3)c12. The van der Waals surface area contributed by atoms with Crippen LogP contribution in [0, 0.1) is 0 Å². The number of amides is 1. The summed E-state index contributed by atoms with van der Waals surface area (Å²) >= 11 is 0. The summed E-state index contributed by atoms with van der Waals surface area (Å²) in [6.45, 7) is 1.04. The van der Waals surface area contributed by atoms with Gasteiger partial charge in [-0.15, -0.1) is 10.2 Å². The molecule has 0 spiro atoms. The summed E-state index contributed by atoms with van der Waals surface area (Å²) in [4.78, 5) is 21.9. The minimum atomic E-state index is -2.83. The van der Waals surface area contributed by atoms with Crippen LogP contribution in [0.3, 0.4) is 0 Å². The fraction of sp³-hybridized carbons (Fsp3) is 0.429. The first-order valence-electron chi connectivity index (χ1n) is 11.5. The molecule has 4 N–H and O–H groups in total. The fourth-order valence-electron chi connectivity index (χ4n) is 4.31. The van der Waals surface area contributed by atoms with Crippen molar-refractivity contribution in [2.75, 3.05) is 30.4 Å². The number of aromatic nitrogens is 7. The summed E-state index contributed by atoms with van der Waals surface area (Å²) in [5, 5.41) is 37.2. The number of aliphatic hydroxyl groups is 2. The van der Waals surface area contributed by atoms with Crippen LogP contribution in [0.2, 0.25) is 0 Å². The van der Waals surface area contributed by atoms with Gasteiger partial charge in [0.1, 0.15) is 23.9 Å². The zero-order chi connectivity index (χ0) is 26.3. The summed E-state index contributed by atoms with van der Waals surface area (Å²) in [5.41, 5.74) is 2.06. The van der Waals surface area contributed by atoms with Crippen molar-refractivity contribution in [3.05, 3.63) is 24.4 Å². The van der Waals surface area contributed by atoms with Crippen LogP contribution in [-0.2, 0) is 11.3 Å². The van der Waals surface area contributed by atoms with E-state index in [1.807, 2.05) is 0 Å². The average molecular weight is 512 g/mol. The molecule has 2 unspecified atom stereocenters. The molecule has 1 fully saturated rings. The zero-order valence-electron chi connectivity index (χ0n) is 19.7. The minimum absolute atomic E-state index is 0.000964. The number of alkyl halides is 2. The van der Waals surface area contributed by atoms with E-state index in [1.54, 1.807) is 24.4 Å². The van der Waals surface area contributed by atoms with E-state index in [2.05, 4.69) is 36.0 Å². The molecule has 5 heterocycles. The van der Waals surface area contributed by atoms with Crippen LogP contribution >= 0.6 is 0 Å². The van der Waals surface area contributed by atoms with E-state index in [9.17, 15) is 23.8 Å². The van der Waals surface area contributed by atoms with E-state index in [0.717, 1.165) is 0 Å². The lowest BCUT2D eigenvalue weighted by Gasteiger charge is -2.34. The second-order valence-electron chi connectivity index (χ2n) is 8.72. The Hall–Kier alpha value is -3.92. The maximum absolute atomic E-state index is 14.8. The van der Waals surface area contributed by atoms with Gasteiger partial charge in [-0.05, 0) is 24.6 Å². The molecule has 2 radical (unpaired) electrons. The van der Waals surface area contributed by atoms with E-state index >= 15 is 0 Å². The van der Waals surface area contributed by atoms with Gasteiger partial charge in [0.05, 0.1) is 24.8 Å². The smallest absolute Gasteiger partial charge is 0.243 e. The van der Waals surface area contributed by atoms with Gasteiger partial charge in [-0.25, -0.2) is 23.0 Å². The van der Waals surface area contributed by atoms with Crippen molar-refractivity contribution >= 4 is 42.2 Å². The number of anilines is 2. The molecule has 4 aromatic heterocycles. The molecule has 1 saturated heterocycles. The molecule has 192 valence electrons. The number of likely N-dealkylation sites (tertiary alicyclic amines) is 1. The second kappa shape index (κ2) is 9.51. The highest BCUT2D eigenvalue weighted by Gasteiger charge is 2.31. The molecule has 0 aromatic carbocycles. The lowest BCUT2D eigenvalue weighted by Crippen LogP contribution is -2.49. The van der Waals surface area contributed by atoms with Crippen molar-refractivity contribution in [1.29, 1.82) is 0 Å². The largest absolute Gasteiger partial charge is 0.358 e. The van der Waals surface area contributed by atoms with Crippen LogP contribution in [0.15, 0.2) is 24.4 Å². The number of piperidine rings is 1. The normalized spacial score (nSPS) is 18.5. The number of halogens is 2. The van der Waals surface area contributed by atoms with Crippen molar-refractivity contribution in [3.8, 4) is 11.3 Å². The number of rotatable bonds is 7. The Morgan fingerprint density at radius 1 is 1.30 bits per heavy atom. The van der Waals surface area contributed by atoms with Gasteiger partial charge in [0, 0.05) is 25.2 Å². The lowest BCUT2D eigenvalue weighted by atomic mass is 10.0. The highest BCUT2D eigenvalue weighted by molar-refractivity contribution is 6.14. The number of pyridine rings is 1. The van der Waals surface area contributed by atoms with Gasteiger partial charge < -0.3 is 25.7 Å². The molecule has 16 heteroatoms. The Morgan fingerprint density at radius 3 is 2.81 bits per heavy atom. The maximum Gasteiger partial charge on any atom is 0.243 e. The Kier molecular flexibility index (Phi) is 6.37. The van der Waals surface area contributed by atoms with Gasteiger partial charge in [-0.1, -0.05) is 5.21 Å². The van der Waals surface area contributed by atoms with Crippen molar-refractivity contribution in [2.45, 2.75) is 37.9 Å². The van der Waals surface area contributed by atoms with E-state index in [0.29, 0.717) is 40.9 Å². The van der Waals surface area contributed by atoms with Crippen molar-refractivity contribution in [1.82, 2.24) is 39.5 Å². The van der Waals surface area contributed by atoms with Gasteiger partial charge in [-0.2, -0.15) is 4.98 Å². The van der Waals surface area contributed by atoms with E-state index < -0.39 is 24.7 Å². The number of aryl methyl sites for hydroxylation is 1. The highest BCUT2D eigenvalue weighted by Crippen LogP contribution is 2.31. The number of carbonyl (C=O) groups is 1.